The summed E-state index contributed by atoms with van der Waals surface area (Å²) in [5.41, 5.74) is 0. The van der Waals surface area contributed by atoms with Crippen LogP contribution in [-0.4, -0.2) is 30.3 Å². The minimum atomic E-state index is 0.146. The molecular weight excluding hydrogens is 212 g/mol. The minimum absolute atomic E-state index is 0.146. The Morgan fingerprint density at radius 2 is 2.00 bits per heavy atom. The normalized spacial score (nSPS) is 36.8. The van der Waals surface area contributed by atoms with Gasteiger partial charge in [-0.3, -0.25) is 0 Å². The third-order valence-electron chi connectivity index (χ3n) is 3.36. The fraction of sp³-hybridized carbons (Fsp3) is 1.00. The van der Waals surface area contributed by atoms with E-state index in [4.69, 9.17) is 21.1 Å². The lowest BCUT2D eigenvalue weighted by Crippen LogP contribution is -2.52. The van der Waals surface area contributed by atoms with Gasteiger partial charge in [-0.15, -0.1) is 11.6 Å². The molecule has 3 heteroatoms. The van der Waals surface area contributed by atoms with Gasteiger partial charge in [-0.05, 0) is 25.7 Å². The average Bonchev–Trinajstić information content (AvgIpc) is 2.70. The third kappa shape index (κ3) is 2.86. The molecule has 2 aliphatic rings. The second kappa shape index (κ2) is 5.51. The quantitative estimate of drug-likeness (QED) is 0.679. The van der Waals surface area contributed by atoms with Gasteiger partial charge in [-0.2, -0.15) is 0 Å². The van der Waals surface area contributed by atoms with Crippen molar-refractivity contribution in [3.05, 3.63) is 0 Å². The van der Waals surface area contributed by atoms with E-state index >= 15 is 0 Å². The molecule has 2 fully saturated rings. The molecule has 0 radical (unpaired) electrons. The molecule has 88 valence electrons. The molecule has 0 N–H and O–H groups in total. The summed E-state index contributed by atoms with van der Waals surface area (Å²) in [7, 11) is 0. The van der Waals surface area contributed by atoms with Crippen LogP contribution < -0.4 is 0 Å². The van der Waals surface area contributed by atoms with Crippen LogP contribution >= 0.6 is 11.6 Å². The first-order valence-electron chi connectivity index (χ1n) is 6.22. The molecule has 0 aromatic rings. The van der Waals surface area contributed by atoms with Crippen molar-refractivity contribution in [1.82, 2.24) is 0 Å². The van der Waals surface area contributed by atoms with E-state index < -0.39 is 0 Å². The molecule has 15 heavy (non-hydrogen) atoms. The Hall–Kier alpha value is 0.210. The Morgan fingerprint density at radius 3 is 2.60 bits per heavy atom. The molecule has 3 atom stereocenters. The van der Waals surface area contributed by atoms with Crippen LogP contribution in [0.3, 0.4) is 0 Å². The van der Waals surface area contributed by atoms with Crippen molar-refractivity contribution in [2.45, 2.75) is 69.1 Å². The SMILES string of the molecule is CCCOC1C(Cl)CC1OC1CCCC1. The molecule has 2 nitrogen and oxygen atoms in total. The smallest absolute Gasteiger partial charge is 0.100 e. The Bertz CT molecular complexity index is 192. The molecule has 0 bridgehead atoms. The van der Waals surface area contributed by atoms with E-state index in [0.29, 0.717) is 6.10 Å². The molecule has 0 spiro atoms. The van der Waals surface area contributed by atoms with Crippen LogP contribution in [0.15, 0.2) is 0 Å². The summed E-state index contributed by atoms with van der Waals surface area (Å²) in [5, 5.41) is 0.169. The predicted octanol–water partition coefficient (Wildman–Crippen LogP) is 3.12. The highest BCUT2D eigenvalue weighted by atomic mass is 35.5. The molecule has 2 saturated carbocycles. The lowest BCUT2D eigenvalue weighted by atomic mass is 9.90. The van der Waals surface area contributed by atoms with E-state index in [1.165, 1.54) is 25.7 Å². The molecule has 0 saturated heterocycles. The molecular formula is C12H21ClO2. The molecule has 3 unspecified atom stereocenters. The van der Waals surface area contributed by atoms with Crippen LogP contribution in [0.4, 0.5) is 0 Å². The largest absolute Gasteiger partial charge is 0.374 e. The zero-order valence-corrected chi connectivity index (χ0v) is 10.2. The van der Waals surface area contributed by atoms with Crippen molar-refractivity contribution in [3.63, 3.8) is 0 Å². The van der Waals surface area contributed by atoms with E-state index in [0.717, 1.165) is 19.4 Å². The molecule has 0 aromatic carbocycles. The molecule has 2 rings (SSSR count). The van der Waals surface area contributed by atoms with E-state index in [1.54, 1.807) is 0 Å². The number of hydrogen-bond acceptors (Lipinski definition) is 2. The van der Waals surface area contributed by atoms with Gasteiger partial charge >= 0.3 is 0 Å². The van der Waals surface area contributed by atoms with Gasteiger partial charge in [-0.1, -0.05) is 19.8 Å². The highest BCUT2D eigenvalue weighted by Crippen LogP contribution is 2.35. The number of ether oxygens (including phenoxy) is 2. The van der Waals surface area contributed by atoms with E-state index in [9.17, 15) is 0 Å². The zero-order chi connectivity index (χ0) is 10.7. The van der Waals surface area contributed by atoms with Gasteiger partial charge in [0.1, 0.15) is 6.10 Å². The fourth-order valence-corrected chi connectivity index (χ4v) is 2.81. The number of hydrogen-bond donors (Lipinski definition) is 0. The maximum absolute atomic E-state index is 6.13. The fourth-order valence-electron chi connectivity index (χ4n) is 2.40. The van der Waals surface area contributed by atoms with Crippen molar-refractivity contribution in [2.24, 2.45) is 0 Å². The summed E-state index contributed by atoms with van der Waals surface area (Å²) in [6.45, 7) is 2.92. The first-order chi connectivity index (χ1) is 7.31. The molecule has 0 amide bonds. The molecule has 0 aliphatic heterocycles. The van der Waals surface area contributed by atoms with Crippen molar-refractivity contribution in [2.75, 3.05) is 6.61 Å². The van der Waals surface area contributed by atoms with Gasteiger partial charge in [0, 0.05) is 6.61 Å². The van der Waals surface area contributed by atoms with Gasteiger partial charge in [0.15, 0.2) is 0 Å². The summed E-state index contributed by atoms with van der Waals surface area (Å²) in [4.78, 5) is 0. The highest BCUT2D eigenvalue weighted by molar-refractivity contribution is 6.21. The van der Waals surface area contributed by atoms with Crippen LogP contribution in [-0.2, 0) is 9.47 Å². The maximum Gasteiger partial charge on any atom is 0.100 e. The lowest BCUT2D eigenvalue weighted by Gasteiger charge is -2.41. The van der Waals surface area contributed by atoms with Crippen LogP contribution in [0.1, 0.15) is 45.4 Å². The van der Waals surface area contributed by atoms with Gasteiger partial charge < -0.3 is 9.47 Å². The molecule has 0 aromatic heterocycles. The minimum Gasteiger partial charge on any atom is -0.374 e. The van der Waals surface area contributed by atoms with E-state index in [2.05, 4.69) is 6.92 Å². The summed E-state index contributed by atoms with van der Waals surface area (Å²) < 4.78 is 11.7. The van der Waals surface area contributed by atoms with Crippen LogP contribution in [0.2, 0.25) is 0 Å². The summed E-state index contributed by atoms with van der Waals surface area (Å²) >= 11 is 6.13. The Morgan fingerprint density at radius 1 is 1.27 bits per heavy atom. The number of halogens is 1. The summed E-state index contributed by atoms with van der Waals surface area (Å²) in [5.74, 6) is 0. The lowest BCUT2D eigenvalue weighted by molar-refractivity contribution is -0.146. The Labute approximate surface area is 97.3 Å². The second-order valence-corrected chi connectivity index (χ2v) is 5.23. The highest BCUT2D eigenvalue weighted by Gasteiger charge is 2.43. The van der Waals surface area contributed by atoms with Crippen LogP contribution in [0.5, 0.6) is 0 Å². The van der Waals surface area contributed by atoms with Crippen LogP contribution in [0.25, 0.3) is 0 Å². The number of rotatable bonds is 5. The summed E-state index contributed by atoms with van der Waals surface area (Å²) in [6.07, 6.45) is 8.00. The third-order valence-corrected chi connectivity index (χ3v) is 3.79. The summed E-state index contributed by atoms with van der Waals surface area (Å²) in [6, 6.07) is 0. The maximum atomic E-state index is 6.13. The second-order valence-electron chi connectivity index (χ2n) is 4.67. The van der Waals surface area contributed by atoms with Gasteiger partial charge in [-0.25, -0.2) is 0 Å². The van der Waals surface area contributed by atoms with Crippen LogP contribution in [0, 0.1) is 0 Å². The average molecular weight is 233 g/mol. The first-order valence-corrected chi connectivity index (χ1v) is 6.66. The Balaban J connectivity index is 1.72. The van der Waals surface area contributed by atoms with Gasteiger partial charge in [0.25, 0.3) is 0 Å². The molecule has 0 heterocycles. The van der Waals surface area contributed by atoms with Crippen molar-refractivity contribution in [1.29, 1.82) is 0 Å². The standard InChI is InChI=1S/C12H21ClO2/c1-2-7-14-12-10(13)8-11(12)15-9-5-3-4-6-9/h9-12H,2-8H2,1H3. The van der Waals surface area contributed by atoms with E-state index in [-0.39, 0.29) is 17.6 Å². The zero-order valence-electron chi connectivity index (χ0n) is 9.45. The first kappa shape index (κ1) is 11.7. The molecule has 2 aliphatic carbocycles. The Kier molecular flexibility index (Phi) is 4.30. The van der Waals surface area contributed by atoms with Crippen molar-refractivity contribution < 1.29 is 9.47 Å². The van der Waals surface area contributed by atoms with E-state index in [1.807, 2.05) is 0 Å². The topological polar surface area (TPSA) is 18.5 Å². The van der Waals surface area contributed by atoms with Gasteiger partial charge in [0.05, 0.1) is 17.6 Å². The monoisotopic (exact) mass is 232 g/mol. The number of alkyl halides is 1. The van der Waals surface area contributed by atoms with Gasteiger partial charge in [0.2, 0.25) is 0 Å². The predicted molar refractivity (Wildman–Crippen MR) is 61.4 cm³/mol. The van der Waals surface area contributed by atoms with Crippen molar-refractivity contribution in [3.8, 4) is 0 Å². The van der Waals surface area contributed by atoms with Crippen molar-refractivity contribution >= 4 is 11.6 Å².